The van der Waals surface area contributed by atoms with Crippen molar-refractivity contribution in [2.24, 2.45) is 5.92 Å². The molecule has 146 valence electrons. The van der Waals surface area contributed by atoms with Gasteiger partial charge < -0.3 is 18.9 Å². The molecule has 0 atom stereocenters. The fraction of sp³-hybridized carbons (Fsp3) is 0.273. The normalized spacial score (nSPS) is 14.1. The van der Waals surface area contributed by atoms with Gasteiger partial charge in [0.05, 0.1) is 25.7 Å². The summed E-state index contributed by atoms with van der Waals surface area (Å²) in [4.78, 5) is 24.6. The highest BCUT2D eigenvalue weighted by Crippen LogP contribution is 2.40. The van der Waals surface area contributed by atoms with Crippen LogP contribution in [0.25, 0.3) is 6.08 Å². The van der Waals surface area contributed by atoms with Crippen LogP contribution in [0.2, 0.25) is 0 Å². The molecular weight excluding hydrogens is 360 g/mol. The van der Waals surface area contributed by atoms with Crippen molar-refractivity contribution in [3.8, 4) is 23.0 Å². The molecule has 1 aliphatic heterocycles. The second-order valence-corrected chi connectivity index (χ2v) is 6.69. The summed E-state index contributed by atoms with van der Waals surface area (Å²) >= 11 is 0. The van der Waals surface area contributed by atoms with Crippen LogP contribution < -0.4 is 18.9 Å². The Morgan fingerprint density at radius 3 is 2.46 bits per heavy atom. The van der Waals surface area contributed by atoms with Gasteiger partial charge in [-0.25, -0.2) is 0 Å². The van der Waals surface area contributed by atoms with Gasteiger partial charge in [0.2, 0.25) is 5.78 Å². The summed E-state index contributed by atoms with van der Waals surface area (Å²) in [7, 11) is 3.11. The average Bonchev–Trinajstić information content (AvgIpc) is 3.00. The van der Waals surface area contributed by atoms with E-state index in [1.165, 1.54) is 0 Å². The molecule has 0 saturated heterocycles. The van der Waals surface area contributed by atoms with Gasteiger partial charge in [-0.15, -0.1) is 0 Å². The number of fused-ring (bicyclic) bond motifs is 1. The largest absolute Gasteiger partial charge is 0.497 e. The van der Waals surface area contributed by atoms with E-state index in [1.54, 1.807) is 71.4 Å². The number of carbonyl (C=O) groups excluding carboxylic acids is 2. The lowest BCUT2D eigenvalue weighted by molar-refractivity contribution is -0.137. The number of ether oxygens (including phenoxy) is 4. The van der Waals surface area contributed by atoms with Crippen molar-refractivity contribution in [1.82, 2.24) is 0 Å². The summed E-state index contributed by atoms with van der Waals surface area (Å²) in [6, 6.07) is 8.52. The fourth-order valence-corrected chi connectivity index (χ4v) is 2.78. The van der Waals surface area contributed by atoms with Gasteiger partial charge in [0.1, 0.15) is 23.0 Å². The third-order valence-electron chi connectivity index (χ3n) is 4.45. The molecule has 3 rings (SSSR count). The summed E-state index contributed by atoms with van der Waals surface area (Å²) < 4.78 is 21.8. The number of esters is 1. The molecule has 0 bridgehead atoms. The monoisotopic (exact) mass is 382 g/mol. The maximum absolute atomic E-state index is 12.8. The van der Waals surface area contributed by atoms with Gasteiger partial charge in [0.15, 0.2) is 5.76 Å². The van der Waals surface area contributed by atoms with E-state index in [9.17, 15) is 9.59 Å². The first-order valence-electron chi connectivity index (χ1n) is 8.87. The Labute approximate surface area is 163 Å². The maximum atomic E-state index is 12.8. The van der Waals surface area contributed by atoms with Gasteiger partial charge in [-0.1, -0.05) is 13.8 Å². The molecule has 6 nitrogen and oxygen atoms in total. The van der Waals surface area contributed by atoms with E-state index in [2.05, 4.69) is 0 Å². The molecule has 6 heteroatoms. The van der Waals surface area contributed by atoms with Gasteiger partial charge >= 0.3 is 5.97 Å². The van der Waals surface area contributed by atoms with E-state index >= 15 is 0 Å². The second-order valence-electron chi connectivity index (χ2n) is 6.69. The Balaban J connectivity index is 1.95. The number of benzene rings is 2. The van der Waals surface area contributed by atoms with Gasteiger partial charge in [0.25, 0.3) is 0 Å². The van der Waals surface area contributed by atoms with Crippen molar-refractivity contribution in [3.63, 3.8) is 0 Å². The molecule has 0 amide bonds. The summed E-state index contributed by atoms with van der Waals surface area (Å²) in [5.41, 5.74) is 1.72. The van der Waals surface area contributed by atoms with Gasteiger partial charge in [-0.05, 0) is 37.3 Å². The Kier molecular flexibility index (Phi) is 5.40. The molecule has 0 aromatic heterocycles. The third-order valence-corrected chi connectivity index (χ3v) is 4.45. The van der Waals surface area contributed by atoms with Crippen LogP contribution in [0.1, 0.15) is 35.3 Å². The minimum Gasteiger partial charge on any atom is -0.497 e. The second kappa shape index (κ2) is 7.76. The molecule has 1 aliphatic rings. The molecule has 28 heavy (non-hydrogen) atoms. The summed E-state index contributed by atoms with van der Waals surface area (Å²) in [5, 5.41) is 0. The molecule has 0 radical (unpaired) electrons. The number of methoxy groups -OCH3 is 2. The molecule has 2 aromatic carbocycles. The first-order valence-corrected chi connectivity index (χ1v) is 8.87. The summed E-state index contributed by atoms with van der Waals surface area (Å²) in [6.07, 6.45) is 1.62. The van der Waals surface area contributed by atoms with Crippen LogP contribution in [0.4, 0.5) is 0 Å². The van der Waals surface area contributed by atoms with Gasteiger partial charge in [-0.2, -0.15) is 0 Å². The number of hydrogen-bond donors (Lipinski definition) is 0. The predicted octanol–water partition coefficient (Wildman–Crippen LogP) is 4.19. The van der Waals surface area contributed by atoms with Crippen molar-refractivity contribution >= 4 is 17.8 Å². The molecule has 2 aromatic rings. The highest BCUT2D eigenvalue weighted by molar-refractivity contribution is 6.15. The van der Waals surface area contributed by atoms with Crippen LogP contribution in [-0.2, 0) is 4.79 Å². The highest BCUT2D eigenvalue weighted by Gasteiger charge is 2.31. The molecule has 1 heterocycles. The first kappa shape index (κ1) is 19.5. The minimum absolute atomic E-state index is 0.175. The van der Waals surface area contributed by atoms with Crippen molar-refractivity contribution in [1.29, 1.82) is 0 Å². The number of allylic oxidation sites excluding steroid dienone is 1. The smallest absolute Gasteiger partial charge is 0.313 e. The number of carbonyl (C=O) groups is 2. The zero-order valence-electron chi connectivity index (χ0n) is 16.5. The van der Waals surface area contributed by atoms with Crippen molar-refractivity contribution in [2.45, 2.75) is 20.8 Å². The van der Waals surface area contributed by atoms with Crippen molar-refractivity contribution < 1.29 is 28.5 Å². The quantitative estimate of drug-likeness (QED) is 0.439. The topological polar surface area (TPSA) is 71.1 Å². The van der Waals surface area contributed by atoms with Gasteiger partial charge in [0, 0.05) is 17.2 Å². The fourth-order valence-electron chi connectivity index (χ4n) is 2.78. The molecular formula is C22H22O6. The first-order chi connectivity index (χ1) is 13.3. The van der Waals surface area contributed by atoms with E-state index in [0.29, 0.717) is 39.7 Å². The van der Waals surface area contributed by atoms with Crippen LogP contribution in [-0.4, -0.2) is 26.0 Å². The number of Topliss-reactive ketones (excluding diaryl/α,β-unsaturated/α-hetero) is 1. The number of ketones is 1. The van der Waals surface area contributed by atoms with Gasteiger partial charge in [-0.3, -0.25) is 9.59 Å². The number of rotatable bonds is 5. The standard InChI is InChI=1S/C22H22O6/c1-12(2)22(24)28-17-9-8-16-20(23)19(27-21(16)13(17)3)10-14-6-7-15(25-4)11-18(14)26-5/h6-12H,1-5H3/b19-10-. The Morgan fingerprint density at radius 2 is 1.82 bits per heavy atom. The zero-order valence-corrected chi connectivity index (χ0v) is 16.5. The van der Waals surface area contributed by atoms with E-state index in [4.69, 9.17) is 18.9 Å². The van der Waals surface area contributed by atoms with E-state index < -0.39 is 0 Å². The molecule has 0 fully saturated rings. The molecule has 0 aliphatic carbocycles. The molecule has 0 unspecified atom stereocenters. The van der Waals surface area contributed by atoms with E-state index in [1.807, 2.05) is 0 Å². The molecule has 0 N–H and O–H groups in total. The summed E-state index contributed by atoms with van der Waals surface area (Å²) in [6.45, 7) is 5.27. The maximum Gasteiger partial charge on any atom is 0.313 e. The predicted molar refractivity (Wildman–Crippen MR) is 104 cm³/mol. The lowest BCUT2D eigenvalue weighted by atomic mass is 10.1. The zero-order chi connectivity index (χ0) is 20.4. The SMILES string of the molecule is COc1ccc(/C=C2\Oc3c(ccc(OC(=O)C(C)C)c3C)C2=O)c(OC)c1. The van der Waals surface area contributed by atoms with Crippen LogP contribution in [0.5, 0.6) is 23.0 Å². The lowest BCUT2D eigenvalue weighted by Crippen LogP contribution is -2.15. The molecule has 0 saturated carbocycles. The number of hydrogen-bond acceptors (Lipinski definition) is 6. The average molecular weight is 382 g/mol. The minimum atomic E-state index is -0.342. The van der Waals surface area contributed by atoms with Crippen molar-refractivity contribution in [2.75, 3.05) is 14.2 Å². The Hall–Kier alpha value is -3.28. The highest BCUT2D eigenvalue weighted by atomic mass is 16.5. The summed E-state index contributed by atoms with van der Waals surface area (Å²) in [5.74, 6) is 1.33. The van der Waals surface area contributed by atoms with Crippen LogP contribution in [0, 0.1) is 12.8 Å². The van der Waals surface area contributed by atoms with Crippen LogP contribution >= 0.6 is 0 Å². The molecule has 0 spiro atoms. The van der Waals surface area contributed by atoms with E-state index in [0.717, 1.165) is 0 Å². The third kappa shape index (κ3) is 3.58. The van der Waals surface area contributed by atoms with Crippen LogP contribution in [0.15, 0.2) is 36.1 Å². The lowest BCUT2D eigenvalue weighted by Gasteiger charge is -2.11. The van der Waals surface area contributed by atoms with Crippen LogP contribution in [0.3, 0.4) is 0 Å². The van der Waals surface area contributed by atoms with Crippen molar-refractivity contribution in [3.05, 3.63) is 52.8 Å². The van der Waals surface area contributed by atoms with E-state index in [-0.39, 0.29) is 23.4 Å². The Bertz CT molecular complexity index is 971. The Morgan fingerprint density at radius 1 is 1.07 bits per heavy atom.